The van der Waals surface area contributed by atoms with Gasteiger partial charge in [-0.3, -0.25) is 0 Å². The van der Waals surface area contributed by atoms with Gasteiger partial charge in [-0.1, -0.05) is 18.2 Å². The summed E-state index contributed by atoms with van der Waals surface area (Å²) in [5, 5.41) is 10.2. The normalized spacial score (nSPS) is 11.9. The first-order chi connectivity index (χ1) is 8.38. The zero-order chi connectivity index (χ0) is 13.3. The number of aromatic carboxylic acids is 1. The van der Waals surface area contributed by atoms with Crippen molar-refractivity contribution in [3.63, 3.8) is 0 Å². The number of rotatable bonds is 3. The van der Waals surface area contributed by atoms with Crippen molar-refractivity contribution in [2.45, 2.75) is 33.0 Å². The van der Waals surface area contributed by atoms with Crippen LogP contribution in [-0.4, -0.2) is 16.7 Å². The fourth-order valence-electron chi connectivity index (χ4n) is 1.70. The summed E-state index contributed by atoms with van der Waals surface area (Å²) in [5.41, 5.74) is 0.497. The van der Waals surface area contributed by atoms with Gasteiger partial charge >= 0.3 is 5.97 Å². The SMILES string of the molecule is CC(C)(C)OCc1c(C(=O)O)sc2ccccc12. The molecule has 0 aliphatic rings. The minimum atomic E-state index is -0.885. The molecule has 2 aromatic rings. The second-order valence-corrected chi connectivity index (χ2v) is 6.16. The molecule has 1 aromatic heterocycles. The molecule has 0 aliphatic heterocycles. The quantitative estimate of drug-likeness (QED) is 0.914. The molecule has 0 aliphatic carbocycles. The van der Waals surface area contributed by atoms with Crippen LogP contribution in [0, 0.1) is 0 Å². The van der Waals surface area contributed by atoms with Crippen molar-refractivity contribution in [3.8, 4) is 0 Å². The fourth-order valence-corrected chi connectivity index (χ4v) is 2.75. The molecule has 0 amide bonds. The van der Waals surface area contributed by atoms with Gasteiger partial charge in [0.05, 0.1) is 12.2 Å². The average Bonchev–Trinajstić information content (AvgIpc) is 2.64. The van der Waals surface area contributed by atoms with Crippen molar-refractivity contribution in [1.82, 2.24) is 0 Å². The van der Waals surface area contributed by atoms with E-state index in [4.69, 9.17) is 4.74 Å². The van der Waals surface area contributed by atoms with Crippen LogP contribution in [0.4, 0.5) is 0 Å². The van der Waals surface area contributed by atoms with Gasteiger partial charge in [-0.25, -0.2) is 4.79 Å². The molecular formula is C14H16O3S. The molecule has 1 aromatic carbocycles. The fraction of sp³-hybridized carbons (Fsp3) is 0.357. The number of carboxylic acid groups (broad SMARTS) is 1. The van der Waals surface area contributed by atoms with Crippen LogP contribution < -0.4 is 0 Å². The largest absolute Gasteiger partial charge is 0.477 e. The summed E-state index contributed by atoms with van der Waals surface area (Å²) in [7, 11) is 0. The van der Waals surface area contributed by atoms with Crippen molar-refractivity contribution in [3.05, 3.63) is 34.7 Å². The number of carboxylic acids is 1. The molecule has 0 fully saturated rings. The van der Waals surface area contributed by atoms with Crippen molar-refractivity contribution in [2.75, 3.05) is 0 Å². The molecule has 4 heteroatoms. The summed E-state index contributed by atoms with van der Waals surface area (Å²) in [4.78, 5) is 11.6. The van der Waals surface area contributed by atoms with Crippen LogP contribution >= 0.6 is 11.3 Å². The number of benzene rings is 1. The van der Waals surface area contributed by atoms with Gasteiger partial charge in [0, 0.05) is 10.3 Å². The topological polar surface area (TPSA) is 46.5 Å². The second kappa shape index (κ2) is 4.71. The minimum absolute atomic E-state index is 0.279. The van der Waals surface area contributed by atoms with E-state index in [1.807, 2.05) is 45.0 Å². The predicted octanol–water partition coefficient (Wildman–Crippen LogP) is 3.91. The lowest BCUT2D eigenvalue weighted by Gasteiger charge is -2.19. The van der Waals surface area contributed by atoms with Gasteiger partial charge in [-0.2, -0.15) is 0 Å². The van der Waals surface area contributed by atoms with Gasteiger partial charge in [0.2, 0.25) is 0 Å². The third-order valence-corrected chi connectivity index (χ3v) is 3.74. The summed E-state index contributed by atoms with van der Waals surface area (Å²) in [6, 6.07) is 7.72. The minimum Gasteiger partial charge on any atom is -0.477 e. The number of thiophene rings is 1. The Morgan fingerprint density at radius 3 is 2.61 bits per heavy atom. The van der Waals surface area contributed by atoms with Gasteiger partial charge in [0.25, 0.3) is 0 Å². The molecule has 3 nitrogen and oxygen atoms in total. The molecule has 0 radical (unpaired) electrons. The van der Waals surface area contributed by atoms with Crippen LogP contribution in [0.25, 0.3) is 10.1 Å². The number of hydrogen-bond donors (Lipinski definition) is 1. The van der Waals surface area contributed by atoms with E-state index in [0.717, 1.165) is 15.6 Å². The monoisotopic (exact) mass is 264 g/mol. The highest BCUT2D eigenvalue weighted by Crippen LogP contribution is 2.32. The summed E-state index contributed by atoms with van der Waals surface area (Å²) < 4.78 is 6.70. The van der Waals surface area contributed by atoms with Gasteiger partial charge < -0.3 is 9.84 Å². The Morgan fingerprint density at radius 2 is 2.00 bits per heavy atom. The van der Waals surface area contributed by atoms with Gasteiger partial charge in [-0.15, -0.1) is 11.3 Å². The zero-order valence-electron chi connectivity index (χ0n) is 10.7. The van der Waals surface area contributed by atoms with Crippen LogP contribution in [0.5, 0.6) is 0 Å². The number of fused-ring (bicyclic) bond motifs is 1. The van der Waals surface area contributed by atoms with Crippen LogP contribution in [0.15, 0.2) is 24.3 Å². The second-order valence-electron chi connectivity index (χ2n) is 5.11. The highest BCUT2D eigenvalue weighted by Gasteiger charge is 2.19. The molecule has 0 saturated heterocycles. The van der Waals surface area contributed by atoms with Gasteiger partial charge in [-0.05, 0) is 32.2 Å². The number of carbonyl (C=O) groups is 1. The molecule has 96 valence electrons. The van der Waals surface area contributed by atoms with Gasteiger partial charge in [0.1, 0.15) is 4.88 Å². The van der Waals surface area contributed by atoms with Crippen molar-refractivity contribution < 1.29 is 14.6 Å². The molecule has 0 unspecified atom stereocenters. The summed E-state index contributed by atoms with van der Waals surface area (Å²) in [5.74, 6) is -0.885. The maximum Gasteiger partial charge on any atom is 0.346 e. The van der Waals surface area contributed by atoms with Crippen molar-refractivity contribution in [2.24, 2.45) is 0 Å². The lowest BCUT2D eigenvalue weighted by molar-refractivity contribution is -0.0147. The average molecular weight is 264 g/mol. The summed E-state index contributed by atoms with van der Waals surface area (Å²) in [6.07, 6.45) is 0. The Labute approximate surface area is 110 Å². The standard InChI is InChI=1S/C14H16O3S/c1-14(2,3)17-8-10-9-6-4-5-7-11(9)18-12(10)13(15)16/h4-7H,8H2,1-3H3,(H,15,16). The predicted molar refractivity (Wildman–Crippen MR) is 73.3 cm³/mol. The highest BCUT2D eigenvalue weighted by atomic mass is 32.1. The van der Waals surface area contributed by atoms with Crippen molar-refractivity contribution >= 4 is 27.4 Å². The third kappa shape index (κ3) is 2.71. The number of ether oxygens (including phenoxy) is 1. The van der Waals surface area contributed by atoms with E-state index >= 15 is 0 Å². The van der Waals surface area contributed by atoms with Crippen LogP contribution in [0.1, 0.15) is 36.0 Å². The van der Waals surface area contributed by atoms with Crippen LogP contribution in [0.2, 0.25) is 0 Å². The Morgan fingerprint density at radius 1 is 1.33 bits per heavy atom. The Kier molecular flexibility index (Phi) is 3.41. The van der Waals surface area contributed by atoms with Crippen LogP contribution in [0.3, 0.4) is 0 Å². The molecule has 1 heterocycles. The summed E-state index contributed by atoms with van der Waals surface area (Å²) >= 11 is 1.30. The summed E-state index contributed by atoms with van der Waals surface area (Å²) in [6.45, 7) is 6.21. The molecule has 18 heavy (non-hydrogen) atoms. The highest BCUT2D eigenvalue weighted by molar-refractivity contribution is 7.21. The van der Waals surface area contributed by atoms with E-state index in [-0.39, 0.29) is 5.60 Å². The van der Waals surface area contributed by atoms with Gasteiger partial charge in [0.15, 0.2) is 0 Å². The Balaban J connectivity index is 2.45. The molecule has 0 saturated carbocycles. The third-order valence-electron chi connectivity index (χ3n) is 2.54. The Hall–Kier alpha value is -1.39. The van der Waals surface area contributed by atoms with E-state index in [9.17, 15) is 9.90 Å². The molecule has 0 spiro atoms. The smallest absolute Gasteiger partial charge is 0.346 e. The lowest BCUT2D eigenvalue weighted by Crippen LogP contribution is -2.19. The molecule has 2 rings (SSSR count). The van der Waals surface area contributed by atoms with Crippen LogP contribution in [-0.2, 0) is 11.3 Å². The maximum atomic E-state index is 11.3. The first kappa shape index (κ1) is 13.1. The molecule has 1 N–H and O–H groups in total. The maximum absolute atomic E-state index is 11.3. The molecule has 0 atom stereocenters. The van der Waals surface area contributed by atoms with E-state index in [0.29, 0.717) is 11.5 Å². The van der Waals surface area contributed by atoms with Crippen molar-refractivity contribution in [1.29, 1.82) is 0 Å². The first-order valence-corrected chi connectivity index (χ1v) is 6.58. The number of hydrogen-bond acceptors (Lipinski definition) is 3. The molecule has 0 bridgehead atoms. The lowest BCUT2D eigenvalue weighted by atomic mass is 10.1. The Bertz CT molecular complexity index is 578. The zero-order valence-corrected chi connectivity index (χ0v) is 11.5. The van der Waals surface area contributed by atoms with E-state index < -0.39 is 5.97 Å². The first-order valence-electron chi connectivity index (χ1n) is 5.76. The van der Waals surface area contributed by atoms with E-state index in [2.05, 4.69) is 0 Å². The van der Waals surface area contributed by atoms with E-state index in [1.54, 1.807) is 0 Å². The molecular weight excluding hydrogens is 248 g/mol. The van der Waals surface area contributed by atoms with E-state index in [1.165, 1.54) is 11.3 Å².